The standard InChI is InChI=1S/C16H20N2O3/c1-15(2,3)12(19)10-18-13(20)16(4,17-14(18)21)11-8-6-5-7-9-11/h5-9H,10H2,1-4H3,(H,17,21)/t16-/m0/s1. The van der Waals surface area contributed by atoms with Gasteiger partial charge in [-0.15, -0.1) is 0 Å². The average molecular weight is 288 g/mol. The van der Waals surface area contributed by atoms with Crippen molar-refractivity contribution >= 4 is 17.7 Å². The molecule has 21 heavy (non-hydrogen) atoms. The summed E-state index contributed by atoms with van der Waals surface area (Å²) >= 11 is 0. The molecule has 1 atom stereocenters. The minimum absolute atomic E-state index is 0.150. The van der Waals surface area contributed by atoms with E-state index in [0.29, 0.717) is 5.56 Å². The Morgan fingerprint density at radius 1 is 1.19 bits per heavy atom. The van der Waals surface area contributed by atoms with Crippen LogP contribution in [0.15, 0.2) is 30.3 Å². The third-order valence-electron chi connectivity index (χ3n) is 3.76. The van der Waals surface area contributed by atoms with E-state index in [0.717, 1.165) is 4.90 Å². The molecule has 5 nitrogen and oxygen atoms in total. The molecule has 3 amide bonds. The number of nitrogens with one attached hydrogen (secondary N) is 1. The molecular weight excluding hydrogens is 268 g/mol. The van der Waals surface area contributed by atoms with Crippen molar-refractivity contribution in [2.24, 2.45) is 5.41 Å². The number of Topliss-reactive ketones (excluding diaryl/α,β-unsaturated/α-hetero) is 1. The molecule has 0 saturated carbocycles. The topological polar surface area (TPSA) is 66.5 Å². The molecule has 1 saturated heterocycles. The normalized spacial score (nSPS) is 22.4. The fourth-order valence-electron chi connectivity index (χ4n) is 2.19. The van der Waals surface area contributed by atoms with Gasteiger partial charge in [-0.2, -0.15) is 0 Å². The minimum atomic E-state index is -1.11. The number of nitrogens with zero attached hydrogens (tertiary/aromatic N) is 1. The zero-order chi connectivity index (χ0) is 15.8. The summed E-state index contributed by atoms with van der Waals surface area (Å²) < 4.78 is 0. The quantitative estimate of drug-likeness (QED) is 0.866. The van der Waals surface area contributed by atoms with Crippen molar-refractivity contribution in [2.45, 2.75) is 33.2 Å². The molecule has 0 aliphatic carbocycles. The van der Waals surface area contributed by atoms with Gasteiger partial charge in [0.25, 0.3) is 5.91 Å². The zero-order valence-electron chi connectivity index (χ0n) is 12.8. The van der Waals surface area contributed by atoms with Crippen LogP contribution in [0.4, 0.5) is 4.79 Å². The smallest absolute Gasteiger partial charge is 0.319 e. The van der Waals surface area contributed by atoms with Crippen molar-refractivity contribution in [3.63, 3.8) is 0 Å². The van der Waals surface area contributed by atoms with Crippen LogP contribution in [0, 0.1) is 5.41 Å². The molecule has 2 rings (SSSR count). The number of imide groups is 1. The minimum Gasteiger partial charge on any atom is -0.319 e. The third-order valence-corrected chi connectivity index (χ3v) is 3.76. The maximum atomic E-state index is 12.6. The van der Waals surface area contributed by atoms with Crippen molar-refractivity contribution in [3.05, 3.63) is 35.9 Å². The number of carbonyl (C=O) groups excluding carboxylic acids is 3. The van der Waals surface area contributed by atoms with Gasteiger partial charge in [-0.25, -0.2) is 4.79 Å². The summed E-state index contributed by atoms with van der Waals surface area (Å²) in [7, 11) is 0. The Morgan fingerprint density at radius 3 is 2.29 bits per heavy atom. The number of carbonyl (C=O) groups is 3. The first kappa shape index (κ1) is 15.2. The predicted molar refractivity (Wildman–Crippen MR) is 78.5 cm³/mol. The highest BCUT2D eigenvalue weighted by molar-refractivity contribution is 6.09. The Balaban J connectivity index is 2.27. The van der Waals surface area contributed by atoms with Gasteiger partial charge < -0.3 is 5.32 Å². The summed E-state index contributed by atoms with van der Waals surface area (Å²) in [6.07, 6.45) is 0. The molecule has 1 aromatic rings. The van der Waals surface area contributed by atoms with Crippen LogP contribution in [0.1, 0.15) is 33.3 Å². The van der Waals surface area contributed by atoms with Crippen molar-refractivity contribution in [1.82, 2.24) is 10.2 Å². The van der Waals surface area contributed by atoms with E-state index in [-0.39, 0.29) is 12.3 Å². The fraction of sp³-hybridized carbons (Fsp3) is 0.438. The molecule has 112 valence electrons. The second-order valence-corrected chi connectivity index (χ2v) is 6.49. The first-order chi connectivity index (χ1) is 9.66. The van der Waals surface area contributed by atoms with Crippen LogP contribution in [-0.4, -0.2) is 29.2 Å². The lowest BCUT2D eigenvalue weighted by molar-refractivity contribution is -0.136. The third kappa shape index (κ3) is 2.68. The maximum Gasteiger partial charge on any atom is 0.325 e. The van der Waals surface area contributed by atoms with Gasteiger partial charge in [0.2, 0.25) is 0 Å². The SMILES string of the molecule is CC(C)(C)C(=O)CN1C(=O)N[C@@](C)(c2ccccc2)C1=O. The number of hydrogen-bond acceptors (Lipinski definition) is 3. The largest absolute Gasteiger partial charge is 0.325 e. The Morgan fingerprint density at radius 2 is 1.76 bits per heavy atom. The molecular formula is C16H20N2O3. The van der Waals surface area contributed by atoms with Crippen LogP contribution in [0.3, 0.4) is 0 Å². The lowest BCUT2D eigenvalue weighted by Crippen LogP contribution is -2.42. The summed E-state index contributed by atoms with van der Waals surface area (Å²) in [5.74, 6) is -0.542. The number of hydrogen-bond donors (Lipinski definition) is 1. The molecule has 0 aromatic heterocycles. The van der Waals surface area contributed by atoms with Gasteiger partial charge in [0, 0.05) is 5.41 Å². The highest BCUT2D eigenvalue weighted by Crippen LogP contribution is 2.29. The van der Waals surface area contributed by atoms with E-state index in [4.69, 9.17) is 0 Å². The average Bonchev–Trinajstić information content (AvgIpc) is 2.63. The molecule has 1 aliphatic heterocycles. The van der Waals surface area contributed by atoms with Crippen molar-refractivity contribution in [1.29, 1.82) is 0 Å². The van der Waals surface area contributed by atoms with Crippen LogP contribution >= 0.6 is 0 Å². The van der Waals surface area contributed by atoms with Gasteiger partial charge in [-0.3, -0.25) is 14.5 Å². The van der Waals surface area contributed by atoms with Crippen molar-refractivity contribution < 1.29 is 14.4 Å². The second-order valence-electron chi connectivity index (χ2n) is 6.49. The van der Waals surface area contributed by atoms with Crippen molar-refractivity contribution in [2.75, 3.05) is 6.54 Å². The van der Waals surface area contributed by atoms with Crippen LogP contribution in [0.5, 0.6) is 0 Å². The Bertz CT molecular complexity index is 589. The first-order valence-electron chi connectivity index (χ1n) is 6.89. The molecule has 1 aliphatic rings. The molecule has 1 heterocycles. The van der Waals surface area contributed by atoms with E-state index in [1.807, 2.05) is 18.2 Å². The number of amides is 3. The number of ketones is 1. The van der Waals surface area contributed by atoms with Gasteiger partial charge in [0.15, 0.2) is 5.78 Å². The van der Waals surface area contributed by atoms with Gasteiger partial charge in [0.1, 0.15) is 5.54 Å². The highest BCUT2D eigenvalue weighted by Gasteiger charge is 2.49. The summed E-state index contributed by atoms with van der Waals surface area (Å²) in [6, 6.07) is 8.51. The number of benzene rings is 1. The molecule has 1 fully saturated rings. The van der Waals surface area contributed by atoms with E-state index in [1.54, 1.807) is 39.8 Å². The summed E-state index contributed by atoms with van der Waals surface area (Å²) in [5, 5.41) is 2.69. The Kier molecular flexibility index (Phi) is 3.61. The Hall–Kier alpha value is -2.17. The molecule has 1 aromatic carbocycles. The summed E-state index contributed by atoms with van der Waals surface area (Å²) in [6.45, 7) is 6.76. The van der Waals surface area contributed by atoms with Gasteiger partial charge in [-0.1, -0.05) is 51.1 Å². The van der Waals surface area contributed by atoms with E-state index in [2.05, 4.69) is 5.32 Å². The zero-order valence-corrected chi connectivity index (χ0v) is 12.8. The second kappa shape index (κ2) is 4.98. The molecule has 0 spiro atoms. The molecule has 1 N–H and O–H groups in total. The van der Waals surface area contributed by atoms with Gasteiger partial charge >= 0.3 is 6.03 Å². The van der Waals surface area contributed by atoms with E-state index >= 15 is 0 Å². The monoisotopic (exact) mass is 288 g/mol. The van der Waals surface area contributed by atoms with Crippen LogP contribution in [0.25, 0.3) is 0 Å². The molecule has 0 bridgehead atoms. The molecule has 0 unspecified atom stereocenters. The van der Waals surface area contributed by atoms with Gasteiger partial charge in [0.05, 0.1) is 6.54 Å². The van der Waals surface area contributed by atoms with E-state index < -0.39 is 22.9 Å². The first-order valence-corrected chi connectivity index (χ1v) is 6.89. The predicted octanol–water partition coefficient (Wildman–Crippen LogP) is 2.07. The Labute approximate surface area is 124 Å². The number of rotatable bonds is 3. The fourth-order valence-corrected chi connectivity index (χ4v) is 2.19. The summed E-state index contributed by atoms with van der Waals surface area (Å²) in [5.41, 5.74) is -1.00. The van der Waals surface area contributed by atoms with Crippen LogP contribution in [-0.2, 0) is 15.1 Å². The lowest BCUT2D eigenvalue weighted by Gasteiger charge is -2.23. The van der Waals surface area contributed by atoms with E-state index in [9.17, 15) is 14.4 Å². The van der Waals surface area contributed by atoms with Crippen LogP contribution in [0.2, 0.25) is 0 Å². The van der Waals surface area contributed by atoms with Crippen molar-refractivity contribution in [3.8, 4) is 0 Å². The van der Waals surface area contributed by atoms with Gasteiger partial charge in [-0.05, 0) is 12.5 Å². The lowest BCUT2D eigenvalue weighted by atomic mass is 9.89. The molecule has 0 radical (unpaired) electrons. The summed E-state index contributed by atoms with van der Waals surface area (Å²) in [4.78, 5) is 37.8. The maximum absolute atomic E-state index is 12.6. The number of urea groups is 1. The molecule has 5 heteroatoms. The van der Waals surface area contributed by atoms with E-state index in [1.165, 1.54) is 0 Å². The van der Waals surface area contributed by atoms with Crippen LogP contribution < -0.4 is 5.32 Å². The highest BCUT2D eigenvalue weighted by atomic mass is 16.2.